The Labute approximate surface area is 163 Å². The standard InChI is InChI=1S/C22H24N4O2/c27-21(16-26-20-6-2-1-5-19(20)23-14-22(26)28)24-13-17-7-9-18(10-8-17)15-25-11-3-4-12-25/h1-2,5-10,14H,3-4,11-13,15-16H2,(H,24,27). The van der Waals surface area contributed by atoms with Crippen LogP contribution in [0.5, 0.6) is 0 Å². The summed E-state index contributed by atoms with van der Waals surface area (Å²) in [7, 11) is 0. The van der Waals surface area contributed by atoms with Crippen molar-refractivity contribution in [1.82, 2.24) is 19.8 Å². The summed E-state index contributed by atoms with van der Waals surface area (Å²) < 4.78 is 1.46. The molecule has 1 saturated heterocycles. The molecule has 2 aromatic carbocycles. The van der Waals surface area contributed by atoms with Crippen molar-refractivity contribution in [3.8, 4) is 0 Å². The molecule has 6 nitrogen and oxygen atoms in total. The maximum atomic E-state index is 12.4. The highest BCUT2D eigenvalue weighted by Gasteiger charge is 2.12. The molecule has 6 heteroatoms. The largest absolute Gasteiger partial charge is 0.350 e. The maximum absolute atomic E-state index is 12.4. The molecule has 0 spiro atoms. The van der Waals surface area contributed by atoms with Crippen molar-refractivity contribution in [3.05, 3.63) is 76.2 Å². The first-order chi connectivity index (χ1) is 13.7. The number of nitrogens with zero attached hydrogens (tertiary/aromatic N) is 3. The van der Waals surface area contributed by atoms with Crippen LogP contribution in [-0.4, -0.2) is 33.4 Å². The van der Waals surface area contributed by atoms with Crippen molar-refractivity contribution in [3.63, 3.8) is 0 Å². The van der Waals surface area contributed by atoms with Gasteiger partial charge in [0, 0.05) is 13.1 Å². The number of nitrogens with one attached hydrogen (secondary N) is 1. The van der Waals surface area contributed by atoms with E-state index in [0.717, 1.165) is 12.1 Å². The van der Waals surface area contributed by atoms with Crippen LogP contribution >= 0.6 is 0 Å². The van der Waals surface area contributed by atoms with E-state index in [1.165, 1.54) is 42.3 Å². The molecule has 4 rings (SSSR count). The third-order valence-electron chi connectivity index (χ3n) is 5.17. The number of carbonyl (C=O) groups is 1. The summed E-state index contributed by atoms with van der Waals surface area (Å²) in [5.41, 5.74) is 3.43. The molecule has 1 amide bonds. The number of fused-ring (bicyclic) bond motifs is 1. The lowest BCUT2D eigenvalue weighted by molar-refractivity contribution is -0.121. The first kappa shape index (κ1) is 18.4. The molecule has 144 valence electrons. The van der Waals surface area contributed by atoms with Crippen molar-refractivity contribution >= 4 is 16.9 Å². The van der Waals surface area contributed by atoms with Crippen LogP contribution in [0, 0.1) is 0 Å². The van der Waals surface area contributed by atoms with Gasteiger partial charge in [-0.1, -0.05) is 36.4 Å². The first-order valence-electron chi connectivity index (χ1n) is 9.70. The van der Waals surface area contributed by atoms with E-state index in [1.807, 2.05) is 18.2 Å². The number of hydrogen-bond donors (Lipinski definition) is 1. The number of rotatable bonds is 6. The Balaban J connectivity index is 1.36. The van der Waals surface area contributed by atoms with Gasteiger partial charge >= 0.3 is 0 Å². The van der Waals surface area contributed by atoms with Crippen LogP contribution in [0.2, 0.25) is 0 Å². The Morgan fingerprint density at radius 2 is 1.71 bits per heavy atom. The molecule has 0 aliphatic carbocycles. The Morgan fingerprint density at radius 1 is 1.00 bits per heavy atom. The van der Waals surface area contributed by atoms with Gasteiger partial charge < -0.3 is 5.32 Å². The smallest absolute Gasteiger partial charge is 0.269 e. The lowest BCUT2D eigenvalue weighted by Gasteiger charge is -2.15. The molecule has 1 fully saturated rings. The molecule has 2 heterocycles. The van der Waals surface area contributed by atoms with Gasteiger partial charge in [0.25, 0.3) is 5.56 Å². The van der Waals surface area contributed by atoms with E-state index in [2.05, 4.69) is 39.5 Å². The molecular weight excluding hydrogens is 352 g/mol. The Morgan fingerprint density at radius 3 is 2.50 bits per heavy atom. The Bertz CT molecular complexity index is 1020. The Hall–Kier alpha value is -2.99. The first-order valence-corrected chi connectivity index (χ1v) is 9.70. The predicted molar refractivity (Wildman–Crippen MR) is 109 cm³/mol. The molecular formula is C22H24N4O2. The molecule has 0 radical (unpaired) electrons. The van der Waals surface area contributed by atoms with Gasteiger partial charge in [-0.25, -0.2) is 4.98 Å². The average Bonchev–Trinajstić information content (AvgIpc) is 3.23. The highest BCUT2D eigenvalue weighted by atomic mass is 16.2. The maximum Gasteiger partial charge on any atom is 0.269 e. The zero-order chi connectivity index (χ0) is 19.3. The number of benzene rings is 2. The summed E-state index contributed by atoms with van der Waals surface area (Å²) in [4.78, 5) is 31.1. The highest BCUT2D eigenvalue weighted by molar-refractivity contribution is 5.79. The number of hydrogen-bond acceptors (Lipinski definition) is 4. The minimum absolute atomic E-state index is 0.0189. The quantitative estimate of drug-likeness (QED) is 0.717. The van der Waals surface area contributed by atoms with E-state index in [1.54, 1.807) is 6.07 Å². The topological polar surface area (TPSA) is 67.2 Å². The average molecular weight is 376 g/mol. The van der Waals surface area contributed by atoms with E-state index >= 15 is 0 Å². The number of carbonyl (C=O) groups excluding carboxylic acids is 1. The summed E-state index contributed by atoms with van der Waals surface area (Å²) >= 11 is 0. The fraction of sp³-hybridized carbons (Fsp3) is 0.318. The molecule has 1 aliphatic rings. The van der Waals surface area contributed by atoms with Gasteiger partial charge in [0.1, 0.15) is 6.54 Å². The van der Waals surface area contributed by atoms with Crippen molar-refractivity contribution in [1.29, 1.82) is 0 Å². The molecule has 28 heavy (non-hydrogen) atoms. The lowest BCUT2D eigenvalue weighted by atomic mass is 10.1. The molecule has 0 saturated carbocycles. The second-order valence-electron chi connectivity index (χ2n) is 7.25. The molecule has 3 aromatic rings. The summed E-state index contributed by atoms with van der Waals surface area (Å²) in [6.45, 7) is 3.78. The summed E-state index contributed by atoms with van der Waals surface area (Å²) in [6, 6.07) is 15.7. The molecule has 1 N–H and O–H groups in total. The van der Waals surface area contributed by atoms with Crippen LogP contribution in [-0.2, 0) is 24.4 Å². The van der Waals surface area contributed by atoms with Crippen molar-refractivity contribution in [2.45, 2.75) is 32.5 Å². The Kier molecular flexibility index (Phi) is 5.48. The van der Waals surface area contributed by atoms with Crippen molar-refractivity contribution < 1.29 is 4.79 Å². The van der Waals surface area contributed by atoms with E-state index < -0.39 is 0 Å². The monoisotopic (exact) mass is 376 g/mol. The summed E-state index contributed by atoms with van der Waals surface area (Å²) in [6.07, 6.45) is 3.84. The second kappa shape index (κ2) is 8.35. The van der Waals surface area contributed by atoms with Crippen LogP contribution in [0.25, 0.3) is 11.0 Å². The van der Waals surface area contributed by atoms with Crippen LogP contribution < -0.4 is 10.9 Å². The van der Waals surface area contributed by atoms with Crippen LogP contribution in [0.15, 0.2) is 59.5 Å². The lowest BCUT2D eigenvalue weighted by Crippen LogP contribution is -2.32. The summed E-state index contributed by atoms with van der Waals surface area (Å²) in [5, 5.41) is 2.90. The number of amides is 1. The SMILES string of the molecule is O=C(Cn1c(=O)cnc2ccccc21)NCc1ccc(CN2CCCC2)cc1. The molecule has 0 unspecified atom stereocenters. The summed E-state index contributed by atoms with van der Waals surface area (Å²) in [5.74, 6) is -0.195. The number of aromatic nitrogens is 2. The van der Waals surface area contributed by atoms with E-state index in [0.29, 0.717) is 17.6 Å². The zero-order valence-corrected chi connectivity index (χ0v) is 15.8. The normalized spacial score (nSPS) is 14.4. The number of para-hydroxylation sites is 2. The van der Waals surface area contributed by atoms with Gasteiger partial charge in [-0.2, -0.15) is 0 Å². The molecule has 0 bridgehead atoms. The van der Waals surface area contributed by atoms with Crippen molar-refractivity contribution in [2.75, 3.05) is 13.1 Å². The van der Waals surface area contributed by atoms with Gasteiger partial charge in [0.15, 0.2) is 0 Å². The van der Waals surface area contributed by atoms with E-state index in [-0.39, 0.29) is 18.0 Å². The number of likely N-dealkylation sites (tertiary alicyclic amines) is 1. The van der Waals surface area contributed by atoms with Crippen LogP contribution in [0.4, 0.5) is 0 Å². The van der Waals surface area contributed by atoms with E-state index in [4.69, 9.17) is 0 Å². The van der Waals surface area contributed by atoms with Crippen LogP contribution in [0.3, 0.4) is 0 Å². The highest BCUT2D eigenvalue weighted by Crippen LogP contribution is 2.13. The second-order valence-corrected chi connectivity index (χ2v) is 7.25. The minimum Gasteiger partial charge on any atom is -0.350 e. The zero-order valence-electron chi connectivity index (χ0n) is 15.8. The van der Waals surface area contributed by atoms with Gasteiger partial charge in [-0.3, -0.25) is 19.1 Å². The fourth-order valence-electron chi connectivity index (χ4n) is 3.64. The fourth-order valence-corrected chi connectivity index (χ4v) is 3.64. The third-order valence-corrected chi connectivity index (χ3v) is 5.17. The van der Waals surface area contributed by atoms with E-state index in [9.17, 15) is 9.59 Å². The minimum atomic E-state index is -0.278. The van der Waals surface area contributed by atoms with Gasteiger partial charge in [0.05, 0.1) is 17.2 Å². The third kappa shape index (κ3) is 4.28. The molecule has 1 aromatic heterocycles. The van der Waals surface area contributed by atoms with Gasteiger partial charge in [-0.15, -0.1) is 0 Å². The van der Waals surface area contributed by atoms with Crippen molar-refractivity contribution in [2.24, 2.45) is 0 Å². The van der Waals surface area contributed by atoms with Crippen LogP contribution in [0.1, 0.15) is 24.0 Å². The van der Waals surface area contributed by atoms with Gasteiger partial charge in [0.2, 0.25) is 5.91 Å². The van der Waals surface area contributed by atoms with Gasteiger partial charge in [-0.05, 0) is 49.2 Å². The molecule has 1 aliphatic heterocycles. The molecule has 0 atom stereocenters. The predicted octanol–water partition coefficient (Wildman–Crippen LogP) is 2.31.